The van der Waals surface area contributed by atoms with Crippen LogP contribution in [0, 0.1) is 5.82 Å². The third-order valence-corrected chi connectivity index (χ3v) is 5.18. The van der Waals surface area contributed by atoms with Crippen LogP contribution in [0.2, 0.25) is 10.0 Å². The van der Waals surface area contributed by atoms with Crippen LogP contribution in [-0.2, 0) is 9.53 Å². The molecule has 0 saturated carbocycles. The van der Waals surface area contributed by atoms with Crippen LogP contribution in [0.4, 0.5) is 10.1 Å². The monoisotopic (exact) mass is 423 g/mol. The third-order valence-electron chi connectivity index (χ3n) is 4.54. The Kier molecular flexibility index (Phi) is 6.47. The lowest BCUT2D eigenvalue weighted by atomic mass is 10.0. The smallest absolute Gasteiger partial charge is 0.305 e. The number of allylic oxidation sites excluding steroid dienone is 1. The Balaban J connectivity index is 1.82. The van der Waals surface area contributed by atoms with Gasteiger partial charge in [0.25, 0.3) is 0 Å². The fraction of sp³-hybridized carbons (Fsp3) is 0.286. The van der Waals surface area contributed by atoms with E-state index in [4.69, 9.17) is 27.9 Å². The van der Waals surface area contributed by atoms with Crippen molar-refractivity contribution in [2.75, 3.05) is 19.0 Å². The van der Waals surface area contributed by atoms with E-state index in [1.165, 1.54) is 13.2 Å². The molecule has 4 nitrogen and oxygen atoms in total. The number of ether oxygens (including phenoxy) is 2. The Labute approximate surface area is 173 Å². The Morgan fingerprint density at radius 2 is 2.14 bits per heavy atom. The molecule has 7 heteroatoms. The molecule has 0 aliphatic carbocycles. The number of rotatable bonds is 5. The molecule has 1 heterocycles. The molecule has 0 radical (unpaired) electrons. The highest BCUT2D eigenvalue weighted by molar-refractivity contribution is 6.33. The number of benzene rings is 2. The van der Waals surface area contributed by atoms with Gasteiger partial charge in [0.2, 0.25) is 0 Å². The second kappa shape index (κ2) is 8.84. The van der Waals surface area contributed by atoms with Crippen molar-refractivity contribution in [3.05, 3.63) is 57.3 Å². The number of anilines is 1. The number of esters is 1. The quantitative estimate of drug-likeness (QED) is 0.486. The zero-order valence-electron chi connectivity index (χ0n) is 15.5. The number of methoxy groups -OCH3 is 1. The maximum absolute atomic E-state index is 14.2. The van der Waals surface area contributed by atoms with Gasteiger partial charge in [-0.1, -0.05) is 29.3 Å². The van der Waals surface area contributed by atoms with E-state index in [9.17, 15) is 9.18 Å². The van der Waals surface area contributed by atoms with Gasteiger partial charge in [0.15, 0.2) is 0 Å². The molecule has 2 aromatic rings. The molecule has 0 unspecified atom stereocenters. The highest BCUT2D eigenvalue weighted by Crippen LogP contribution is 2.37. The molecule has 0 spiro atoms. The van der Waals surface area contributed by atoms with Gasteiger partial charge in [-0.2, -0.15) is 0 Å². The Morgan fingerprint density at radius 1 is 1.36 bits per heavy atom. The highest BCUT2D eigenvalue weighted by Gasteiger charge is 2.22. The van der Waals surface area contributed by atoms with Crippen LogP contribution in [0.1, 0.15) is 30.9 Å². The van der Waals surface area contributed by atoms with E-state index in [0.29, 0.717) is 39.9 Å². The lowest BCUT2D eigenvalue weighted by molar-refractivity contribution is -0.141. The maximum Gasteiger partial charge on any atom is 0.305 e. The SMILES string of the molecule is COC(=O)CC[C@H]1CNc2cc(/C=C(\C)c3c(F)cccc3Cl)c(Cl)cc2O1. The van der Waals surface area contributed by atoms with Crippen molar-refractivity contribution in [2.24, 2.45) is 0 Å². The van der Waals surface area contributed by atoms with Gasteiger partial charge in [-0.25, -0.2) is 4.39 Å². The number of nitrogens with one attached hydrogen (secondary N) is 1. The average Bonchev–Trinajstić information content (AvgIpc) is 2.66. The average molecular weight is 424 g/mol. The fourth-order valence-corrected chi connectivity index (χ4v) is 3.61. The molecule has 0 saturated heterocycles. The molecule has 28 heavy (non-hydrogen) atoms. The van der Waals surface area contributed by atoms with E-state index < -0.39 is 0 Å². The molecule has 0 amide bonds. The summed E-state index contributed by atoms with van der Waals surface area (Å²) in [6, 6.07) is 8.16. The van der Waals surface area contributed by atoms with E-state index in [0.717, 1.165) is 11.3 Å². The van der Waals surface area contributed by atoms with Crippen molar-refractivity contribution in [3.8, 4) is 5.75 Å². The van der Waals surface area contributed by atoms with Gasteiger partial charge in [0.05, 0.1) is 29.4 Å². The summed E-state index contributed by atoms with van der Waals surface area (Å²) >= 11 is 12.6. The zero-order valence-corrected chi connectivity index (χ0v) is 17.0. The molecule has 148 valence electrons. The van der Waals surface area contributed by atoms with Crippen molar-refractivity contribution >= 4 is 46.5 Å². The Hall–Kier alpha value is -2.24. The lowest BCUT2D eigenvalue weighted by Crippen LogP contribution is -2.31. The van der Waals surface area contributed by atoms with Gasteiger partial charge in [-0.05, 0) is 48.8 Å². The normalized spacial score (nSPS) is 16.0. The van der Waals surface area contributed by atoms with Gasteiger partial charge < -0.3 is 14.8 Å². The summed E-state index contributed by atoms with van der Waals surface area (Å²) in [5, 5.41) is 4.11. The summed E-state index contributed by atoms with van der Waals surface area (Å²) in [5.74, 6) is -0.0368. The number of hydrogen-bond acceptors (Lipinski definition) is 4. The van der Waals surface area contributed by atoms with E-state index in [-0.39, 0.29) is 24.3 Å². The van der Waals surface area contributed by atoms with Crippen LogP contribution in [0.25, 0.3) is 11.6 Å². The van der Waals surface area contributed by atoms with Gasteiger partial charge >= 0.3 is 5.97 Å². The standard InChI is InChI=1S/C21H20Cl2FNO3/c1-12(21-15(22)4-3-5-17(21)24)8-13-9-18-19(10-16(13)23)28-14(11-25-18)6-7-20(26)27-2/h3-5,8-10,14,25H,6-7,11H2,1-2H3/b12-8+/t14-/m0/s1. The second-order valence-electron chi connectivity index (χ2n) is 6.53. The number of carbonyl (C=O) groups is 1. The molecule has 1 aliphatic rings. The van der Waals surface area contributed by atoms with Crippen LogP contribution >= 0.6 is 23.2 Å². The number of carbonyl (C=O) groups excluding carboxylic acids is 1. The van der Waals surface area contributed by atoms with E-state index in [2.05, 4.69) is 10.1 Å². The first-order valence-corrected chi connectivity index (χ1v) is 9.58. The summed E-state index contributed by atoms with van der Waals surface area (Å²) in [5.41, 5.74) is 2.53. The Bertz CT molecular complexity index is 910. The van der Waals surface area contributed by atoms with Gasteiger partial charge in [0, 0.05) is 18.1 Å². The van der Waals surface area contributed by atoms with E-state index in [1.807, 2.05) is 6.07 Å². The minimum atomic E-state index is -0.384. The van der Waals surface area contributed by atoms with Crippen molar-refractivity contribution < 1.29 is 18.7 Å². The molecule has 1 atom stereocenters. The van der Waals surface area contributed by atoms with Crippen molar-refractivity contribution in [1.82, 2.24) is 0 Å². The topological polar surface area (TPSA) is 47.6 Å². The van der Waals surface area contributed by atoms with Crippen molar-refractivity contribution in [1.29, 1.82) is 0 Å². The summed E-state index contributed by atoms with van der Waals surface area (Å²) < 4.78 is 24.7. The Morgan fingerprint density at radius 3 is 2.86 bits per heavy atom. The largest absolute Gasteiger partial charge is 0.486 e. The molecule has 0 bridgehead atoms. The minimum absolute atomic E-state index is 0.150. The predicted molar refractivity (Wildman–Crippen MR) is 111 cm³/mol. The minimum Gasteiger partial charge on any atom is -0.486 e. The van der Waals surface area contributed by atoms with Gasteiger partial charge in [-0.15, -0.1) is 0 Å². The maximum atomic E-state index is 14.2. The molecule has 3 rings (SSSR count). The molecule has 2 aromatic carbocycles. The number of hydrogen-bond donors (Lipinski definition) is 1. The molecule has 0 fully saturated rings. The zero-order chi connectivity index (χ0) is 20.3. The predicted octanol–water partition coefficient (Wildman–Crippen LogP) is 5.82. The molecule has 1 aliphatic heterocycles. The number of halogens is 3. The molecule has 1 N–H and O–H groups in total. The van der Waals surface area contributed by atoms with Gasteiger partial charge in [-0.3, -0.25) is 4.79 Å². The van der Waals surface area contributed by atoms with Crippen LogP contribution in [-0.4, -0.2) is 25.7 Å². The first kappa shape index (κ1) is 20.5. The molecule has 0 aromatic heterocycles. The summed E-state index contributed by atoms with van der Waals surface area (Å²) in [4.78, 5) is 11.3. The second-order valence-corrected chi connectivity index (χ2v) is 7.34. The van der Waals surface area contributed by atoms with Crippen LogP contribution in [0.15, 0.2) is 30.3 Å². The van der Waals surface area contributed by atoms with Crippen molar-refractivity contribution in [2.45, 2.75) is 25.9 Å². The van der Waals surface area contributed by atoms with Gasteiger partial charge in [0.1, 0.15) is 17.7 Å². The van der Waals surface area contributed by atoms with E-state index >= 15 is 0 Å². The first-order valence-electron chi connectivity index (χ1n) is 8.82. The van der Waals surface area contributed by atoms with Crippen LogP contribution < -0.4 is 10.1 Å². The summed E-state index contributed by atoms with van der Waals surface area (Å²) in [6.07, 6.45) is 2.47. The molecular formula is C21H20Cl2FNO3. The molecular weight excluding hydrogens is 404 g/mol. The fourth-order valence-electron chi connectivity index (χ4n) is 3.08. The lowest BCUT2D eigenvalue weighted by Gasteiger charge is -2.28. The van der Waals surface area contributed by atoms with E-state index in [1.54, 1.807) is 31.2 Å². The van der Waals surface area contributed by atoms with Crippen LogP contribution in [0.5, 0.6) is 5.75 Å². The van der Waals surface area contributed by atoms with Crippen molar-refractivity contribution in [3.63, 3.8) is 0 Å². The first-order chi connectivity index (χ1) is 13.4. The highest BCUT2D eigenvalue weighted by atomic mass is 35.5. The third kappa shape index (κ3) is 4.59. The van der Waals surface area contributed by atoms with Crippen LogP contribution in [0.3, 0.4) is 0 Å². The summed E-state index contributed by atoms with van der Waals surface area (Å²) in [7, 11) is 1.36. The number of fused-ring (bicyclic) bond motifs is 1. The summed E-state index contributed by atoms with van der Waals surface area (Å²) in [6.45, 7) is 2.35.